The van der Waals surface area contributed by atoms with Gasteiger partial charge in [-0.1, -0.05) is 6.92 Å². The average molecular weight is 567 g/mol. The van der Waals surface area contributed by atoms with E-state index in [0.29, 0.717) is 12.8 Å². The monoisotopic (exact) mass is 566 g/mol. The molecule has 2 spiro atoms. The molecule has 7 aliphatic rings. The van der Waals surface area contributed by atoms with Gasteiger partial charge in [0.05, 0.1) is 23.5 Å². The van der Waals surface area contributed by atoms with Gasteiger partial charge in [0.15, 0.2) is 24.3 Å². The van der Waals surface area contributed by atoms with Crippen LogP contribution in [0.15, 0.2) is 0 Å². The predicted molar refractivity (Wildman–Crippen MR) is 130 cm³/mol. The lowest BCUT2D eigenvalue weighted by Gasteiger charge is -2.66. The van der Waals surface area contributed by atoms with E-state index in [0.717, 1.165) is 0 Å². The summed E-state index contributed by atoms with van der Waals surface area (Å²) in [5.41, 5.74) is -7.18. The van der Waals surface area contributed by atoms with Crippen LogP contribution in [-0.2, 0) is 47.5 Å². The summed E-state index contributed by atoms with van der Waals surface area (Å²) in [5.74, 6) is -1.63. The highest BCUT2D eigenvalue weighted by molar-refractivity contribution is 5.93. The van der Waals surface area contributed by atoms with Crippen LogP contribution in [-0.4, -0.2) is 103 Å². The number of hydrogen-bond donors (Lipinski definition) is 2. The second kappa shape index (κ2) is 7.83. The van der Waals surface area contributed by atoms with E-state index in [2.05, 4.69) is 0 Å². The Kier molecular flexibility index (Phi) is 5.32. The number of ketones is 1. The quantitative estimate of drug-likeness (QED) is 0.354. The normalized spacial score (nSPS) is 57.6. The Morgan fingerprint density at radius 2 is 1.70 bits per heavy atom. The molecule has 7 fully saturated rings. The molecule has 2 N–H and O–H groups in total. The number of aliphatic hydroxyl groups excluding tert-OH is 1. The molecule has 0 aromatic carbocycles. The number of rotatable bonds is 3. The molecule has 0 bridgehead atoms. The van der Waals surface area contributed by atoms with E-state index in [1.807, 2.05) is 27.7 Å². The van der Waals surface area contributed by atoms with E-state index in [1.54, 1.807) is 0 Å². The van der Waals surface area contributed by atoms with E-state index < -0.39 is 76.0 Å². The molecule has 7 rings (SSSR count). The fourth-order valence-corrected chi connectivity index (χ4v) is 10.5. The van der Waals surface area contributed by atoms with Crippen molar-refractivity contribution in [3.8, 4) is 0 Å². The molecule has 12 heteroatoms. The van der Waals surface area contributed by atoms with Crippen LogP contribution < -0.4 is 0 Å². The summed E-state index contributed by atoms with van der Waals surface area (Å²) < 4.78 is 40.8. The SMILES string of the molecule is CO[C@@H]1O[C@H](OC)[C@@](O)([C@@H]2OC(=O)[C@H]3O[C@@]34[C@@]2(C)CC[C@@H]2[C@@]35COC(=O)C[C@@H]3OC(C)(C)[C@@H]5CC(=O)[C@]24C)[C@@H]1O. The number of fused-ring (bicyclic) bond motifs is 1. The van der Waals surface area contributed by atoms with Gasteiger partial charge < -0.3 is 43.4 Å². The summed E-state index contributed by atoms with van der Waals surface area (Å²) in [6.07, 6.45) is -5.90. The minimum Gasteiger partial charge on any atom is -0.465 e. The van der Waals surface area contributed by atoms with Crippen molar-refractivity contribution in [3.05, 3.63) is 0 Å². The van der Waals surface area contributed by atoms with Gasteiger partial charge in [-0.2, -0.15) is 0 Å². The number of epoxide rings is 1. The maximum absolute atomic E-state index is 14.5. The van der Waals surface area contributed by atoms with Crippen LogP contribution >= 0.6 is 0 Å². The third kappa shape index (κ3) is 2.67. The molecular weight excluding hydrogens is 528 g/mol. The lowest BCUT2D eigenvalue weighted by atomic mass is 9.36. The Morgan fingerprint density at radius 1 is 0.975 bits per heavy atom. The second-order valence-electron chi connectivity index (χ2n) is 13.8. The Hall–Kier alpha value is -1.67. The molecule has 40 heavy (non-hydrogen) atoms. The molecule has 0 unspecified atom stereocenters. The molecule has 12 nitrogen and oxygen atoms in total. The number of cyclic esters (lactones) is 2. The van der Waals surface area contributed by atoms with Crippen molar-refractivity contribution < 1.29 is 57.8 Å². The summed E-state index contributed by atoms with van der Waals surface area (Å²) in [7, 11) is 2.64. The maximum atomic E-state index is 14.5. The van der Waals surface area contributed by atoms with Gasteiger partial charge in [-0.15, -0.1) is 0 Å². The molecule has 0 aromatic heterocycles. The van der Waals surface area contributed by atoms with Crippen LogP contribution in [0.2, 0.25) is 0 Å². The highest BCUT2D eigenvalue weighted by atomic mass is 16.8. The zero-order valence-corrected chi connectivity index (χ0v) is 23.6. The molecule has 222 valence electrons. The van der Waals surface area contributed by atoms with Crippen molar-refractivity contribution in [1.29, 1.82) is 0 Å². The molecule has 0 aromatic rings. The van der Waals surface area contributed by atoms with Gasteiger partial charge in [-0.25, -0.2) is 4.79 Å². The number of Topliss-reactive ketones (excluding diaryl/α,β-unsaturated/α-hetero) is 1. The van der Waals surface area contributed by atoms with E-state index in [-0.39, 0.29) is 43.0 Å². The van der Waals surface area contributed by atoms with Crippen molar-refractivity contribution in [3.63, 3.8) is 0 Å². The van der Waals surface area contributed by atoms with Crippen molar-refractivity contribution in [2.45, 2.75) is 107 Å². The zero-order chi connectivity index (χ0) is 28.8. The fraction of sp³-hybridized carbons (Fsp3) is 0.893. The summed E-state index contributed by atoms with van der Waals surface area (Å²) in [6, 6.07) is 0. The molecule has 2 saturated carbocycles. The van der Waals surface area contributed by atoms with Crippen LogP contribution in [0.5, 0.6) is 0 Å². The van der Waals surface area contributed by atoms with Gasteiger partial charge in [-0.05, 0) is 39.5 Å². The predicted octanol–water partition coefficient (Wildman–Crippen LogP) is 0.239. The number of esters is 2. The largest absolute Gasteiger partial charge is 0.465 e. The van der Waals surface area contributed by atoms with Crippen LogP contribution in [0.25, 0.3) is 0 Å². The standard InChI is InChI=1S/C28H38O12/c1-23(2)13-9-14(29)25(4)12(26(13)11-36-16(30)10-15(26)39-23)7-8-24(3)21(37-19(32)18-28(24,25)40-18)27(33)17(31)20(34-5)38-22(27)35-6/h12-13,15,17-18,20-22,31,33H,7-11H2,1-6H3/t12-,13-,15-,17+,18+,20+,21+,22-,24-,25-,26+,27-,28+/m0/s1. The minimum atomic E-state index is -2.22. The van der Waals surface area contributed by atoms with Crippen molar-refractivity contribution in [2.24, 2.45) is 28.1 Å². The summed E-state index contributed by atoms with van der Waals surface area (Å²) in [4.78, 5) is 40.4. The van der Waals surface area contributed by atoms with Gasteiger partial charge in [0, 0.05) is 37.4 Å². The number of aliphatic hydroxyl groups is 2. The molecule has 5 aliphatic heterocycles. The smallest absolute Gasteiger partial charge is 0.338 e. The van der Waals surface area contributed by atoms with Crippen molar-refractivity contribution >= 4 is 17.7 Å². The number of methoxy groups -OCH3 is 2. The lowest BCUT2D eigenvalue weighted by molar-refractivity contribution is -0.284. The molecule has 0 amide bonds. The number of hydrogen-bond acceptors (Lipinski definition) is 12. The van der Waals surface area contributed by atoms with E-state index in [1.165, 1.54) is 14.2 Å². The summed E-state index contributed by atoms with van der Waals surface area (Å²) >= 11 is 0. The average Bonchev–Trinajstić information content (AvgIpc) is 3.58. The molecule has 5 saturated heterocycles. The fourth-order valence-electron chi connectivity index (χ4n) is 10.5. The van der Waals surface area contributed by atoms with Gasteiger partial charge in [0.1, 0.15) is 30.2 Å². The lowest BCUT2D eigenvalue weighted by Crippen LogP contribution is -2.77. The van der Waals surface area contributed by atoms with Crippen molar-refractivity contribution in [1.82, 2.24) is 0 Å². The molecular formula is C28H38O12. The number of carbonyl (C=O) groups is 3. The van der Waals surface area contributed by atoms with Crippen LogP contribution in [0.3, 0.4) is 0 Å². The van der Waals surface area contributed by atoms with Crippen LogP contribution in [0.1, 0.15) is 53.4 Å². The van der Waals surface area contributed by atoms with E-state index in [9.17, 15) is 24.6 Å². The Labute approximate surface area is 231 Å². The molecule has 5 heterocycles. The number of ether oxygens (including phenoxy) is 7. The zero-order valence-electron chi connectivity index (χ0n) is 23.6. The third-order valence-corrected chi connectivity index (χ3v) is 12.1. The Balaban J connectivity index is 1.38. The summed E-state index contributed by atoms with van der Waals surface area (Å²) in [5, 5.41) is 23.3. The van der Waals surface area contributed by atoms with Crippen LogP contribution in [0, 0.1) is 28.1 Å². The molecule has 0 radical (unpaired) electrons. The number of carbonyl (C=O) groups excluding carboxylic acids is 3. The molecule has 2 aliphatic carbocycles. The topological polar surface area (TPSA) is 160 Å². The van der Waals surface area contributed by atoms with Gasteiger partial charge in [0.25, 0.3) is 0 Å². The van der Waals surface area contributed by atoms with E-state index >= 15 is 0 Å². The first-order valence-corrected chi connectivity index (χ1v) is 14.1. The Bertz CT molecular complexity index is 1180. The molecule has 13 atom stereocenters. The summed E-state index contributed by atoms with van der Waals surface area (Å²) in [6.45, 7) is 7.74. The van der Waals surface area contributed by atoms with Gasteiger partial charge in [-0.3, -0.25) is 9.59 Å². The second-order valence-corrected chi connectivity index (χ2v) is 13.8. The first kappa shape index (κ1) is 27.2. The van der Waals surface area contributed by atoms with E-state index in [4.69, 9.17) is 33.2 Å². The minimum absolute atomic E-state index is 0.0579. The maximum Gasteiger partial charge on any atom is 0.338 e. The highest BCUT2D eigenvalue weighted by Crippen LogP contribution is 2.79. The van der Waals surface area contributed by atoms with Crippen molar-refractivity contribution in [2.75, 3.05) is 20.8 Å². The third-order valence-electron chi connectivity index (χ3n) is 12.1. The highest BCUT2D eigenvalue weighted by Gasteiger charge is 2.91. The first-order valence-electron chi connectivity index (χ1n) is 14.1. The first-order chi connectivity index (χ1) is 18.7. The Morgan fingerprint density at radius 3 is 2.38 bits per heavy atom. The van der Waals surface area contributed by atoms with Crippen LogP contribution in [0.4, 0.5) is 0 Å². The van der Waals surface area contributed by atoms with Gasteiger partial charge in [0.2, 0.25) is 0 Å². The van der Waals surface area contributed by atoms with Gasteiger partial charge >= 0.3 is 11.9 Å².